The Bertz CT molecular complexity index is 136. The first-order valence-electron chi connectivity index (χ1n) is 4.05. The van der Waals surface area contributed by atoms with Crippen LogP contribution in [0.25, 0.3) is 0 Å². The quantitative estimate of drug-likeness (QED) is 0.586. The molecule has 0 aliphatic carbocycles. The summed E-state index contributed by atoms with van der Waals surface area (Å²) < 4.78 is 11.3. The maximum absolute atomic E-state index is 5.66. The molecule has 0 bridgehead atoms. The van der Waals surface area contributed by atoms with E-state index < -0.39 is 0 Å². The SMILES string of the molecule is CP1CCO[C@H]1C1OCCP1. The molecule has 0 amide bonds. The van der Waals surface area contributed by atoms with Crippen molar-refractivity contribution in [2.75, 3.05) is 32.2 Å². The smallest absolute Gasteiger partial charge is 0.106 e. The summed E-state index contributed by atoms with van der Waals surface area (Å²) in [6, 6.07) is 0. The van der Waals surface area contributed by atoms with Gasteiger partial charge in [0.05, 0.1) is 13.2 Å². The van der Waals surface area contributed by atoms with E-state index in [0.29, 0.717) is 11.7 Å². The van der Waals surface area contributed by atoms with Crippen molar-refractivity contribution >= 4 is 16.5 Å². The number of hydrogen-bond acceptors (Lipinski definition) is 2. The van der Waals surface area contributed by atoms with E-state index in [-0.39, 0.29) is 7.92 Å². The second-order valence-corrected chi connectivity index (χ2v) is 6.93. The predicted octanol–water partition coefficient (Wildman–Crippen LogP) is 1.49. The van der Waals surface area contributed by atoms with Gasteiger partial charge in [-0.2, -0.15) is 0 Å². The van der Waals surface area contributed by atoms with Crippen molar-refractivity contribution < 1.29 is 9.47 Å². The van der Waals surface area contributed by atoms with Crippen molar-refractivity contribution in [1.82, 2.24) is 0 Å². The van der Waals surface area contributed by atoms with E-state index in [1.165, 1.54) is 12.3 Å². The third-order valence-corrected chi connectivity index (χ3v) is 5.99. The molecule has 0 aromatic rings. The zero-order valence-corrected chi connectivity index (χ0v) is 8.64. The predicted molar refractivity (Wildman–Crippen MR) is 50.4 cm³/mol. The molecule has 2 saturated heterocycles. The Hall–Kier alpha value is 0.780. The first-order chi connectivity index (χ1) is 5.38. The number of hydrogen-bond donors (Lipinski definition) is 0. The Kier molecular flexibility index (Phi) is 2.79. The number of rotatable bonds is 1. The standard InChI is InChI=1S/C7H14O2P2/c1-11-5-3-9-7(11)6-8-2-4-10-6/h6-7,10H,2-5H2,1H3/t6?,7-,11?/m1/s1. The third-order valence-electron chi connectivity index (χ3n) is 2.17. The minimum Gasteiger partial charge on any atom is -0.371 e. The van der Waals surface area contributed by atoms with Crippen LogP contribution >= 0.6 is 16.5 Å². The van der Waals surface area contributed by atoms with Crippen molar-refractivity contribution in [3.63, 3.8) is 0 Å². The van der Waals surface area contributed by atoms with Gasteiger partial charge in [-0.3, -0.25) is 0 Å². The number of ether oxygens (including phenoxy) is 2. The van der Waals surface area contributed by atoms with Crippen LogP contribution in [0.3, 0.4) is 0 Å². The van der Waals surface area contributed by atoms with Gasteiger partial charge >= 0.3 is 0 Å². The van der Waals surface area contributed by atoms with Gasteiger partial charge in [-0.1, -0.05) is 16.5 Å². The molecule has 2 fully saturated rings. The van der Waals surface area contributed by atoms with Gasteiger partial charge in [0.25, 0.3) is 0 Å². The molecule has 2 heterocycles. The van der Waals surface area contributed by atoms with E-state index in [0.717, 1.165) is 21.8 Å². The molecule has 2 rings (SSSR count). The molecule has 0 aromatic carbocycles. The van der Waals surface area contributed by atoms with Crippen molar-refractivity contribution in [3.05, 3.63) is 0 Å². The van der Waals surface area contributed by atoms with Gasteiger partial charge in [-0.15, -0.1) is 0 Å². The van der Waals surface area contributed by atoms with Gasteiger partial charge < -0.3 is 9.47 Å². The summed E-state index contributed by atoms with van der Waals surface area (Å²) in [4.78, 5) is 0. The Morgan fingerprint density at radius 3 is 2.82 bits per heavy atom. The highest BCUT2D eigenvalue weighted by molar-refractivity contribution is 7.58. The Labute approximate surface area is 70.6 Å². The summed E-state index contributed by atoms with van der Waals surface area (Å²) in [7, 11) is 1.11. The molecule has 0 radical (unpaired) electrons. The lowest BCUT2D eigenvalue weighted by molar-refractivity contribution is 0.0368. The van der Waals surface area contributed by atoms with E-state index in [9.17, 15) is 0 Å². The van der Waals surface area contributed by atoms with Crippen LogP contribution in [0.4, 0.5) is 0 Å². The van der Waals surface area contributed by atoms with E-state index in [1.807, 2.05) is 0 Å². The molecule has 2 nitrogen and oxygen atoms in total. The second-order valence-electron chi connectivity index (χ2n) is 2.99. The highest BCUT2D eigenvalue weighted by Crippen LogP contribution is 2.49. The van der Waals surface area contributed by atoms with Gasteiger partial charge in [-0.25, -0.2) is 0 Å². The zero-order valence-electron chi connectivity index (χ0n) is 6.75. The fraction of sp³-hybridized carbons (Fsp3) is 1.00. The summed E-state index contributed by atoms with van der Waals surface area (Å²) in [5.74, 6) is 0.944. The van der Waals surface area contributed by atoms with Gasteiger partial charge in [0, 0.05) is 0 Å². The van der Waals surface area contributed by atoms with Crippen LogP contribution in [0.1, 0.15) is 0 Å². The first-order valence-corrected chi connectivity index (χ1v) is 7.37. The molecular weight excluding hydrogens is 178 g/mol. The third kappa shape index (κ3) is 1.75. The molecule has 2 aliphatic heterocycles. The minimum atomic E-state index is 0.120. The average Bonchev–Trinajstić information content (AvgIpc) is 2.55. The van der Waals surface area contributed by atoms with Gasteiger partial charge in [0.15, 0.2) is 0 Å². The Balaban J connectivity index is 1.92. The van der Waals surface area contributed by atoms with E-state index >= 15 is 0 Å². The van der Waals surface area contributed by atoms with Crippen molar-refractivity contribution in [1.29, 1.82) is 0 Å². The normalized spacial score (nSPS) is 47.2. The summed E-state index contributed by atoms with van der Waals surface area (Å²) in [5, 5.41) is 0. The molecule has 0 saturated carbocycles. The monoisotopic (exact) mass is 192 g/mol. The molecule has 0 aromatic heterocycles. The minimum absolute atomic E-state index is 0.120. The van der Waals surface area contributed by atoms with E-state index in [4.69, 9.17) is 9.47 Å². The van der Waals surface area contributed by atoms with Crippen LogP contribution in [0, 0.1) is 0 Å². The van der Waals surface area contributed by atoms with Crippen molar-refractivity contribution in [2.45, 2.75) is 11.7 Å². The zero-order chi connectivity index (χ0) is 7.68. The van der Waals surface area contributed by atoms with Crippen molar-refractivity contribution in [3.8, 4) is 0 Å². The highest BCUT2D eigenvalue weighted by Gasteiger charge is 2.34. The fourth-order valence-corrected chi connectivity index (χ4v) is 5.21. The molecule has 11 heavy (non-hydrogen) atoms. The second kappa shape index (κ2) is 3.66. The van der Waals surface area contributed by atoms with Crippen molar-refractivity contribution in [2.24, 2.45) is 0 Å². The van der Waals surface area contributed by atoms with E-state index in [1.54, 1.807) is 0 Å². The largest absolute Gasteiger partial charge is 0.371 e. The van der Waals surface area contributed by atoms with Gasteiger partial charge in [0.2, 0.25) is 0 Å². The molecular formula is C7H14O2P2. The van der Waals surface area contributed by atoms with Crippen LogP contribution < -0.4 is 0 Å². The fourth-order valence-electron chi connectivity index (χ4n) is 1.52. The van der Waals surface area contributed by atoms with Crippen LogP contribution in [0.2, 0.25) is 0 Å². The Morgan fingerprint density at radius 1 is 1.36 bits per heavy atom. The molecule has 0 N–H and O–H groups in total. The molecule has 0 spiro atoms. The molecule has 2 aliphatic rings. The van der Waals surface area contributed by atoms with Crippen LogP contribution in [0.15, 0.2) is 0 Å². The maximum atomic E-state index is 5.66. The topological polar surface area (TPSA) is 18.5 Å². The summed E-state index contributed by atoms with van der Waals surface area (Å²) in [6.07, 6.45) is 2.54. The molecule has 4 atom stereocenters. The summed E-state index contributed by atoms with van der Waals surface area (Å²) in [6.45, 7) is 4.27. The average molecular weight is 192 g/mol. The van der Waals surface area contributed by atoms with E-state index in [2.05, 4.69) is 6.66 Å². The lowest BCUT2D eigenvalue weighted by Crippen LogP contribution is -2.19. The maximum Gasteiger partial charge on any atom is 0.106 e. The van der Waals surface area contributed by atoms with Crippen LogP contribution in [-0.2, 0) is 9.47 Å². The molecule has 4 heteroatoms. The first kappa shape index (κ1) is 8.38. The summed E-state index contributed by atoms with van der Waals surface area (Å²) >= 11 is 0. The molecule has 3 unspecified atom stereocenters. The van der Waals surface area contributed by atoms with Crippen LogP contribution in [-0.4, -0.2) is 43.9 Å². The highest BCUT2D eigenvalue weighted by atomic mass is 31.1. The molecule has 64 valence electrons. The van der Waals surface area contributed by atoms with Gasteiger partial charge in [-0.05, 0) is 19.0 Å². The summed E-state index contributed by atoms with van der Waals surface area (Å²) in [5.41, 5.74) is 0. The lowest BCUT2D eigenvalue weighted by atomic mass is 10.7. The Morgan fingerprint density at radius 2 is 2.27 bits per heavy atom. The van der Waals surface area contributed by atoms with Gasteiger partial charge in [0.1, 0.15) is 11.7 Å². The lowest BCUT2D eigenvalue weighted by Gasteiger charge is -2.20. The van der Waals surface area contributed by atoms with Crippen LogP contribution in [0.5, 0.6) is 0 Å².